The number of hydrogen-bond donors (Lipinski definition) is 3. The van der Waals surface area contributed by atoms with Crippen molar-refractivity contribution in [2.24, 2.45) is 5.92 Å². The van der Waals surface area contributed by atoms with E-state index in [4.69, 9.17) is 4.74 Å². The van der Waals surface area contributed by atoms with Crippen molar-refractivity contribution in [3.63, 3.8) is 0 Å². The second-order valence-corrected chi connectivity index (χ2v) is 10.9. The first-order valence-electron chi connectivity index (χ1n) is 13.1. The van der Waals surface area contributed by atoms with Crippen LogP contribution in [0.1, 0.15) is 68.3 Å². The summed E-state index contributed by atoms with van der Waals surface area (Å²) in [5, 5.41) is 19.6. The van der Waals surface area contributed by atoms with Crippen LogP contribution in [0.2, 0.25) is 0 Å². The molecule has 2 aromatic rings. The Morgan fingerprint density at radius 3 is 2.51 bits per heavy atom. The highest BCUT2D eigenvalue weighted by atomic mass is 19.4. The quantitative estimate of drug-likeness (QED) is 0.486. The summed E-state index contributed by atoms with van der Waals surface area (Å²) < 4.78 is 58.7. The van der Waals surface area contributed by atoms with Crippen LogP contribution in [0.3, 0.4) is 0 Å². The Morgan fingerprint density at radius 2 is 1.90 bits per heavy atom. The van der Waals surface area contributed by atoms with E-state index in [9.17, 15) is 32.3 Å². The van der Waals surface area contributed by atoms with Crippen molar-refractivity contribution in [3.8, 4) is 17.1 Å². The first-order chi connectivity index (χ1) is 18.4. The number of pyridine rings is 1. The maximum absolute atomic E-state index is 14.4. The number of nitrogens with one attached hydrogen (secondary N) is 2. The van der Waals surface area contributed by atoms with Gasteiger partial charge in [-0.3, -0.25) is 14.7 Å². The van der Waals surface area contributed by atoms with E-state index < -0.39 is 42.0 Å². The van der Waals surface area contributed by atoms with Crippen molar-refractivity contribution in [2.75, 3.05) is 13.7 Å². The molecule has 2 saturated carbocycles. The van der Waals surface area contributed by atoms with Crippen molar-refractivity contribution >= 4 is 11.8 Å². The van der Waals surface area contributed by atoms with Gasteiger partial charge in [0.2, 0.25) is 11.8 Å². The smallest absolute Gasteiger partial charge is 0.417 e. The van der Waals surface area contributed by atoms with E-state index in [1.807, 2.05) is 0 Å². The van der Waals surface area contributed by atoms with Gasteiger partial charge in [-0.1, -0.05) is 0 Å². The molecule has 0 radical (unpaired) electrons. The molecule has 0 aromatic carbocycles. The fourth-order valence-corrected chi connectivity index (χ4v) is 6.08. The molecule has 5 rings (SSSR count). The molecule has 3 aliphatic rings. The van der Waals surface area contributed by atoms with Gasteiger partial charge >= 0.3 is 6.18 Å². The highest BCUT2D eigenvalue weighted by molar-refractivity contribution is 5.94. The van der Waals surface area contributed by atoms with Crippen LogP contribution in [0.5, 0.6) is 5.88 Å². The summed E-state index contributed by atoms with van der Waals surface area (Å²) in [5.41, 5.74) is -2.59. The number of ether oxygens (including phenoxy) is 1. The molecule has 9 nitrogen and oxygen atoms in total. The number of rotatable bonds is 5. The zero-order valence-corrected chi connectivity index (χ0v) is 21.5. The monoisotopic (exact) mass is 553 g/mol. The van der Waals surface area contributed by atoms with E-state index in [-0.39, 0.29) is 47.7 Å². The predicted octanol–water partition coefficient (Wildman–Crippen LogP) is 3.75. The van der Waals surface area contributed by atoms with Gasteiger partial charge < -0.3 is 20.1 Å². The summed E-state index contributed by atoms with van der Waals surface area (Å²) in [4.78, 5) is 32.1. The number of carbonyl (C=O) groups is 2. The largest absolute Gasteiger partial charge is 0.481 e. The number of aromatic nitrogens is 3. The van der Waals surface area contributed by atoms with Crippen molar-refractivity contribution in [2.45, 2.75) is 81.1 Å². The fourth-order valence-electron chi connectivity index (χ4n) is 6.08. The summed E-state index contributed by atoms with van der Waals surface area (Å²) in [7, 11) is 1.41. The number of piperidine rings is 1. The van der Waals surface area contributed by atoms with Crippen LogP contribution in [-0.4, -0.2) is 74.0 Å². The molecule has 1 saturated heterocycles. The molecule has 3 fully saturated rings. The van der Waals surface area contributed by atoms with E-state index in [0.29, 0.717) is 25.1 Å². The molecule has 0 unspecified atom stereocenters. The Hall–Kier alpha value is -3.22. The van der Waals surface area contributed by atoms with Gasteiger partial charge in [0.1, 0.15) is 0 Å². The van der Waals surface area contributed by atoms with Gasteiger partial charge in [0.05, 0.1) is 19.0 Å². The van der Waals surface area contributed by atoms with Crippen LogP contribution in [-0.2, 0) is 4.79 Å². The summed E-state index contributed by atoms with van der Waals surface area (Å²) in [6, 6.07) is 2.47. The number of alkyl halides is 3. The van der Waals surface area contributed by atoms with Gasteiger partial charge in [-0.05, 0) is 63.9 Å². The van der Waals surface area contributed by atoms with Gasteiger partial charge in [0.15, 0.2) is 17.1 Å². The maximum Gasteiger partial charge on any atom is 0.417 e. The lowest BCUT2D eigenvalue weighted by Crippen LogP contribution is -2.62. The first-order valence-corrected chi connectivity index (χ1v) is 13.1. The highest BCUT2D eigenvalue weighted by Crippen LogP contribution is 2.47. The molecule has 212 valence electrons. The number of halogens is 4. The Kier molecular flexibility index (Phi) is 7.06. The molecule has 3 heterocycles. The highest BCUT2D eigenvalue weighted by Gasteiger charge is 2.55. The number of hydrogen-bond acceptors (Lipinski definition) is 6. The minimum atomic E-state index is -4.69. The van der Waals surface area contributed by atoms with Crippen molar-refractivity contribution in [1.82, 2.24) is 25.4 Å². The van der Waals surface area contributed by atoms with E-state index in [1.54, 1.807) is 4.90 Å². The van der Waals surface area contributed by atoms with Gasteiger partial charge in [0.25, 0.3) is 5.91 Å². The molecule has 1 spiro atoms. The van der Waals surface area contributed by atoms with Crippen LogP contribution < -0.4 is 10.1 Å². The number of carbonyl (C=O) groups excluding carboxylic acids is 2. The van der Waals surface area contributed by atoms with E-state index in [0.717, 1.165) is 25.5 Å². The third-order valence-electron chi connectivity index (χ3n) is 8.61. The number of H-pyrrole nitrogens is 1. The number of methoxy groups -OCH3 is 1. The lowest BCUT2D eigenvalue weighted by atomic mass is 9.66. The normalized spacial score (nSPS) is 26.7. The zero-order chi connectivity index (χ0) is 28.0. The predicted molar refractivity (Wildman–Crippen MR) is 130 cm³/mol. The third-order valence-corrected chi connectivity index (χ3v) is 8.61. The van der Waals surface area contributed by atoms with Gasteiger partial charge in [-0.15, -0.1) is 0 Å². The van der Waals surface area contributed by atoms with Gasteiger partial charge in [0, 0.05) is 35.7 Å². The number of aliphatic hydroxyl groups is 1. The SMILES string of the molecule is COc1cc(-c2cc(C(=O)N3CC[C@@H](C(=O)NC4CCC(O)(C(F)(F)F)CC4)CC34CCC4)n[nH]2)c(F)cn1. The van der Waals surface area contributed by atoms with Crippen LogP contribution in [0.15, 0.2) is 18.3 Å². The number of nitrogens with zero attached hydrogens (tertiary/aromatic N) is 3. The standard InChI is InChI=1S/C26H31F4N5O4/c1-39-21-11-17(18(27)14-31-21)19-12-20(34-33-19)23(37)35-10-5-15(13-24(35)6-2-7-24)22(36)32-16-3-8-25(38,9-4-16)26(28,29)30/h11-12,14-16,38H,2-10,13H2,1H3,(H,32,36)(H,33,34)/t15-,16?,25?/m1/s1. The van der Waals surface area contributed by atoms with Crippen molar-refractivity contribution in [1.29, 1.82) is 0 Å². The van der Waals surface area contributed by atoms with Crippen molar-refractivity contribution in [3.05, 3.63) is 29.8 Å². The van der Waals surface area contributed by atoms with Crippen LogP contribution in [0.4, 0.5) is 17.6 Å². The van der Waals surface area contributed by atoms with E-state index in [1.165, 1.54) is 19.2 Å². The molecule has 0 bridgehead atoms. The molecule has 2 aliphatic carbocycles. The second kappa shape index (κ2) is 10.1. The molecular formula is C26H31F4N5O4. The van der Waals surface area contributed by atoms with Gasteiger partial charge in [-0.2, -0.15) is 18.3 Å². The molecule has 13 heteroatoms. The summed E-state index contributed by atoms with van der Waals surface area (Å²) in [5.74, 6) is -1.28. The van der Waals surface area contributed by atoms with Gasteiger partial charge in [-0.25, -0.2) is 9.37 Å². The lowest BCUT2D eigenvalue weighted by molar-refractivity contribution is -0.270. The average molecular weight is 554 g/mol. The third kappa shape index (κ3) is 5.08. The minimum Gasteiger partial charge on any atom is -0.481 e. The number of aromatic amines is 1. The molecule has 3 N–H and O–H groups in total. The fraction of sp³-hybridized carbons (Fsp3) is 0.615. The summed E-state index contributed by atoms with van der Waals surface area (Å²) in [6.07, 6.45) is -1.21. The van der Waals surface area contributed by atoms with Crippen LogP contribution in [0.25, 0.3) is 11.3 Å². The molecule has 1 atom stereocenters. The Morgan fingerprint density at radius 1 is 1.18 bits per heavy atom. The van der Waals surface area contributed by atoms with E-state index in [2.05, 4.69) is 20.5 Å². The average Bonchev–Trinajstić information content (AvgIpc) is 3.38. The zero-order valence-electron chi connectivity index (χ0n) is 21.5. The maximum atomic E-state index is 14.4. The van der Waals surface area contributed by atoms with Crippen LogP contribution in [0, 0.1) is 11.7 Å². The molecular weight excluding hydrogens is 522 g/mol. The molecule has 39 heavy (non-hydrogen) atoms. The second-order valence-electron chi connectivity index (χ2n) is 10.9. The first kappa shape index (κ1) is 27.4. The lowest BCUT2D eigenvalue weighted by Gasteiger charge is -2.54. The molecule has 2 aromatic heterocycles. The Bertz CT molecular complexity index is 1240. The topological polar surface area (TPSA) is 120 Å². The van der Waals surface area contributed by atoms with Crippen LogP contribution >= 0.6 is 0 Å². The Balaban J connectivity index is 1.23. The molecule has 2 amide bonds. The summed E-state index contributed by atoms with van der Waals surface area (Å²) >= 11 is 0. The summed E-state index contributed by atoms with van der Waals surface area (Å²) in [6.45, 7) is 0.328. The molecule has 1 aliphatic heterocycles. The van der Waals surface area contributed by atoms with E-state index >= 15 is 0 Å². The Labute approximate surface area is 222 Å². The van der Waals surface area contributed by atoms with Crippen molar-refractivity contribution < 1.29 is 37.0 Å². The number of likely N-dealkylation sites (tertiary alicyclic amines) is 1. The number of amides is 2. The minimum absolute atomic E-state index is 0.0513.